The minimum atomic E-state index is -1.79. The summed E-state index contributed by atoms with van der Waals surface area (Å²) < 4.78 is 0. The summed E-state index contributed by atoms with van der Waals surface area (Å²) in [4.78, 5) is 32.4. The fourth-order valence-corrected chi connectivity index (χ4v) is 0.730. The highest BCUT2D eigenvalue weighted by molar-refractivity contribution is 5.92. The molecule has 1 amide bonds. The van der Waals surface area contributed by atoms with E-state index in [1.54, 1.807) is 18.5 Å². The predicted octanol–water partition coefficient (Wildman–Crippen LogP) is -0.980. The van der Waals surface area contributed by atoms with Gasteiger partial charge < -0.3 is 26.0 Å². The Labute approximate surface area is 95.7 Å². The summed E-state index contributed by atoms with van der Waals surface area (Å²) >= 11 is 0. The second kappa shape index (κ2) is 7.01. The minimum Gasteiger partial charge on any atom is -0.481 e. The molecule has 0 saturated carbocycles. The monoisotopic (exact) mass is 244 g/mol. The first kappa shape index (κ1) is 14.7. The Bertz CT molecular complexity index is 386. The number of nitrogens with one attached hydrogen (secondary N) is 1. The Kier molecular flexibility index (Phi) is 6.04. The number of carbonyl (C=O) groups excluding carboxylic acids is 1. The SMILES string of the molecule is NC(=O)c1cc[nH]c1.O=C(O)C[C@H](O)C(=O)O. The van der Waals surface area contributed by atoms with Crippen LogP contribution in [-0.2, 0) is 9.59 Å². The molecule has 0 aromatic carbocycles. The molecular formula is C9H12N2O6. The number of carboxylic acid groups (broad SMARTS) is 2. The van der Waals surface area contributed by atoms with E-state index in [9.17, 15) is 14.4 Å². The van der Waals surface area contributed by atoms with E-state index in [1.165, 1.54) is 0 Å². The Balaban J connectivity index is 0.000000302. The molecule has 1 heterocycles. The molecule has 0 radical (unpaired) electrons. The van der Waals surface area contributed by atoms with Crippen molar-refractivity contribution in [3.63, 3.8) is 0 Å². The van der Waals surface area contributed by atoms with Crippen molar-refractivity contribution in [2.45, 2.75) is 12.5 Å². The summed E-state index contributed by atoms with van der Waals surface area (Å²) in [5.41, 5.74) is 5.42. The highest BCUT2D eigenvalue weighted by Crippen LogP contribution is 1.92. The lowest BCUT2D eigenvalue weighted by molar-refractivity contribution is -0.152. The van der Waals surface area contributed by atoms with Crippen LogP contribution in [0.25, 0.3) is 0 Å². The highest BCUT2D eigenvalue weighted by atomic mass is 16.4. The van der Waals surface area contributed by atoms with Gasteiger partial charge in [-0.1, -0.05) is 0 Å². The number of primary amides is 1. The molecule has 17 heavy (non-hydrogen) atoms. The average Bonchev–Trinajstić information content (AvgIpc) is 2.69. The maximum absolute atomic E-state index is 10.3. The number of hydrogen-bond acceptors (Lipinski definition) is 4. The molecule has 0 spiro atoms. The summed E-state index contributed by atoms with van der Waals surface area (Å²) in [5.74, 6) is -3.24. The fraction of sp³-hybridized carbons (Fsp3) is 0.222. The van der Waals surface area contributed by atoms with Crippen LogP contribution in [0.5, 0.6) is 0 Å². The fourth-order valence-electron chi connectivity index (χ4n) is 0.730. The molecule has 0 aliphatic rings. The smallest absolute Gasteiger partial charge is 0.333 e. The van der Waals surface area contributed by atoms with Gasteiger partial charge in [-0.15, -0.1) is 0 Å². The zero-order chi connectivity index (χ0) is 13.4. The van der Waals surface area contributed by atoms with Crippen LogP contribution >= 0.6 is 0 Å². The molecule has 0 aliphatic heterocycles. The Morgan fingerprint density at radius 1 is 1.35 bits per heavy atom. The Morgan fingerprint density at radius 2 is 1.94 bits per heavy atom. The third-order valence-electron chi connectivity index (χ3n) is 1.54. The van der Waals surface area contributed by atoms with Crippen molar-refractivity contribution in [2.24, 2.45) is 5.73 Å². The molecule has 6 N–H and O–H groups in total. The van der Waals surface area contributed by atoms with Gasteiger partial charge in [0.15, 0.2) is 6.10 Å². The van der Waals surface area contributed by atoms with Gasteiger partial charge in [0.1, 0.15) is 0 Å². The van der Waals surface area contributed by atoms with Crippen molar-refractivity contribution in [1.29, 1.82) is 0 Å². The van der Waals surface area contributed by atoms with Crippen LogP contribution in [-0.4, -0.2) is 44.3 Å². The van der Waals surface area contributed by atoms with Crippen molar-refractivity contribution in [2.75, 3.05) is 0 Å². The molecule has 0 aliphatic carbocycles. The summed E-state index contributed by atoms with van der Waals surface area (Å²) in [6, 6.07) is 1.63. The molecule has 0 unspecified atom stereocenters. The molecule has 1 aromatic heterocycles. The number of H-pyrrole nitrogens is 1. The standard InChI is InChI=1S/C5H6N2O.C4H6O5/c6-5(8)4-1-2-7-3-4;5-2(4(8)9)1-3(6)7/h1-3,7H,(H2,6,8);2,5H,1H2,(H,6,7)(H,8,9)/t;2-/m.0/s1. The van der Waals surface area contributed by atoms with Gasteiger partial charge in [-0.2, -0.15) is 0 Å². The number of aliphatic carboxylic acids is 2. The van der Waals surface area contributed by atoms with E-state index in [-0.39, 0.29) is 0 Å². The zero-order valence-corrected chi connectivity index (χ0v) is 8.66. The Hall–Kier alpha value is -2.35. The maximum atomic E-state index is 10.3. The van der Waals surface area contributed by atoms with Crippen molar-refractivity contribution in [3.8, 4) is 0 Å². The zero-order valence-electron chi connectivity index (χ0n) is 8.66. The first-order chi connectivity index (χ1) is 7.84. The molecule has 8 heteroatoms. The number of aromatic amines is 1. The third-order valence-corrected chi connectivity index (χ3v) is 1.54. The van der Waals surface area contributed by atoms with Crippen LogP contribution in [0.2, 0.25) is 0 Å². The predicted molar refractivity (Wildman–Crippen MR) is 55.2 cm³/mol. The van der Waals surface area contributed by atoms with E-state index in [4.69, 9.17) is 21.1 Å². The van der Waals surface area contributed by atoms with Crippen LogP contribution in [0, 0.1) is 0 Å². The summed E-state index contributed by atoms with van der Waals surface area (Å²) in [5, 5.41) is 24.1. The van der Waals surface area contributed by atoms with Crippen molar-refractivity contribution in [3.05, 3.63) is 24.0 Å². The first-order valence-corrected chi connectivity index (χ1v) is 4.39. The number of amides is 1. The summed E-state index contributed by atoms with van der Waals surface area (Å²) in [6.45, 7) is 0. The van der Waals surface area contributed by atoms with E-state index >= 15 is 0 Å². The van der Waals surface area contributed by atoms with E-state index in [0.29, 0.717) is 5.56 Å². The van der Waals surface area contributed by atoms with Gasteiger partial charge in [-0.3, -0.25) is 9.59 Å². The van der Waals surface area contributed by atoms with Gasteiger partial charge in [-0.05, 0) is 6.07 Å². The summed E-state index contributed by atoms with van der Waals surface area (Å²) in [7, 11) is 0. The minimum absolute atomic E-state index is 0.397. The van der Waals surface area contributed by atoms with Gasteiger partial charge in [0.05, 0.1) is 12.0 Å². The van der Waals surface area contributed by atoms with Crippen LogP contribution in [0.15, 0.2) is 18.5 Å². The Morgan fingerprint density at radius 3 is 2.12 bits per heavy atom. The van der Waals surface area contributed by atoms with Gasteiger partial charge in [0, 0.05) is 12.4 Å². The van der Waals surface area contributed by atoms with E-state index in [1.807, 2.05) is 0 Å². The maximum Gasteiger partial charge on any atom is 0.333 e. The van der Waals surface area contributed by atoms with Crippen molar-refractivity contribution >= 4 is 17.8 Å². The van der Waals surface area contributed by atoms with Gasteiger partial charge in [-0.25, -0.2) is 4.79 Å². The van der Waals surface area contributed by atoms with Gasteiger partial charge in [0.25, 0.3) is 0 Å². The van der Waals surface area contributed by atoms with E-state index in [0.717, 1.165) is 0 Å². The van der Waals surface area contributed by atoms with E-state index < -0.39 is 30.4 Å². The van der Waals surface area contributed by atoms with Crippen LogP contribution in [0.4, 0.5) is 0 Å². The summed E-state index contributed by atoms with van der Waals surface area (Å²) in [6.07, 6.45) is 0.667. The quantitative estimate of drug-likeness (QED) is 0.458. The molecule has 0 fully saturated rings. The van der Waals surface area contributed by atoms with Gasteiger partial charge >= 0.3 is 11.9 Å². The number of carbonyl (C=O) groups is 3. The lowest BCUT2D eigenvalue weighted by Crippen LogP contribution is -2.22. The second-order valence-electron chi connectivity index (χ2n) is 2.92. The molecule has 94 valence electrons. The lowest BCUT2D eigenvalue weighted by atomic mass is 10.3. The van der Waals surface area contributed by atoms with E-state index in [2.05, 4.69) is 4.98 Å². The number of nitrogens with two attached hydrogens (primary N) is 1. The van der Waals surface area contributed by atoms with Crippen LogP contribution < -0.4 is 5.73 Å². The lowest BCUT2D eigenvalue weighted by Gasteiger charge is -1.97. The number of rotatable bonds is 4. The number of carboxylic acids is 2. The topological polar surface area (TPSA) is 154 Å². The number of hydrogen-bond donors (Lipinski definition) is 5. The third kappa shape index (κ3) is 6.68. The molecular weight excluding hydrogens is 232 g/mol. The highest BCUT2D eigenvalue weighted by Gasteiger charge is 2.16. The largest absolute Gasteiger partial charge is 0.481 e. The molecule has 0 saturated heterocycles. The van der Waals surface area contributed by atoms with Gasteiger partial charge in [0.2, 0.25) is 5.91 Å². The second-order valence-corrected chi connectivity index (χ2v) is 2.92. The molecule has 1 aromatic rings. The molecule has 0 bridgehead atoms. The number of aliphatic hydroxyl groups is 1. The average molecular weight is 244 g/mol. The van der Waals surface area contributed by atoms with Crippen LogP contribution in [0.1, 0.15) is 16.8 Å². The number of aromatic nitrogens is 1. The molecule has 8 nitrogen and oxygen atoms in total. The normalized spacial score (nSPS) is 10.9. The molecule has 1 atom stereocenters. The first-order valence-electron chi connectivity index (χ1n) is 4.39. The van der Waals surface area contributed by atoms with Crippen LogP contribution in [0.3, 0.4) is 0 Å². The van der Waals surface area contributed by atoms with Crippen molar-refractivity contribution < 1.29 is 29.7 Å². The van der Waals surface area contributed by atoms with Crippen molar-refractivity contribution in [1.82, 2.24) is 4.98 Å². The molecule has 1 rings (SSSR count). The number of aliphatic hydroxyl groups excluding tert-OH is 1.